The zero-order valence-electron chi connectivity index (χ0n) is 16.4. The molecule has 148 valence electrons. The minimum atomic E-state index is -0.970. The van der Waals surface area contributed by atoms with E-state index in [2.05, 4.69) is 5.32 Å². The molecular formula is C24H23NO4. The van der Waals surface area contributed by atoms with Gasteiger partial charge in [-0.15, -0.1) is 0 Å². The minimum Gasteiger partial charge on any atom is -0.496 e. The third-order valence-electron chi connectivity index (χ3n) is 4.53. The molecule has 0 saturated carbocycles. The van der Waals surface area contributed by atoms with E-state index in [-0.39, 0.29) is 17.5 Å². The fourth-order valence-electron chi connectivity index (χ4n) is 3.00. The van der Waals surface area contributed by atoms with Crippen molar-refractivity contribution in [2.24, 2.45) is 0 Å². The predicted octanol–water partition coefficient (Wildman–Crippen LogP) is 4.15. The van der Waals surface area contributed by atoms with Crippen molar-refractivity contribution in [3.8, 4) is 5.75 Å². The molecule has 0 spiro atoms. The fraction of sp³-hybridized carbons (Fsp3) is 0.167. The average Bonchev–Trinajstić information content (AvgIpc) is 2.78. The lowest BCUT2D eigenvalue weighted by molar-refractivity contribution is -0.129. The van der Waals surface area contributed by atoms with Gasteiger partial charge in [0.2, 0.25) is 0 Å². The number of carbonyl (C=O) groups excluding carboxylic acids is 2. The summed E-state index contributed by atoms with van der Waals surface area (Å²) < 4.78 is 10.6. The van der Waals surface area contributed by atoms with Gasteiger partial charge < -0.3 is 14.8 Å². The van der Waals surface area contributed by atoms with Crippen LogP contribution in [0.2, 0.25) is 0 Å². The molecule has 3 rings (SSSR count). The third-order valence-corrected chi connectivity index (χ3v) is 4.53. The Bertz CT molecular complexity index is 917. The number of benzene rings is 3. The topological polar surface area (TPSA) is 64.6 Å². The van der Waals surface area contributed by atoms with Crippen molar-refractivity contribution < 1.29 is 19.1 Å². The predicted molar refractivity (Wildman–Crippen MR) is 111 cm³/mol. The molecular weight excluding hydrogens is 366 g/mol. The molecule has 1 atom stereocenters. The van der Waals surface area contributed by atoms with E-state index in [4.69, 9.17) is 9.47 Å². The Balaban J connectivity index is 1.75. The molecule has 0 unspecified atom stereocenters. The molecule has 0 fully saturated rings. The first-order valence-electron chi connectivity index (χ1n) is 9.34. The molecule has 0 radical (unpaired) electrons. The van der Waals surface area contributed by atoms with Crippen LogP contribution in [0.4, 0.5) is 0 Å². The highest BCUT2D eigenvalue weighted by Crippen LogP contribution is 2.23. The van der Waals surface area contributed by atoms with Gasteiger partial charge in [-0.2, -0.15) is 0 Å². The third kappa shape index (κ3) is 5.02. The van der Waals surface area contributed by atoms with Gasteiger partial charge >= 0.3 is 5.97 Å². The van der Waals surface area contributed by atoms with Crippen molar-refractivity contribution in [2.75, 3.05) is 7.11 Å². The lowest BCUT2D eigenvalue weighted by Crippen LogP contribution is -2.38. The number of hydrogen-bond acceptors (Lipinski definition) is 4. The molecule has 5 nitrogen and oxygen atoms in total. The van der Waals surface area contributed by atoms with Crippen LogP contribution in [0, 0.1) is 0 Å². The number of para-hydroxylation sites is 1. The van der Waals surface area contributed by atoms with Crippen molar-refractivity contribution in [3.05, 3.63) is 102 Å². The summed E-state index contributed by atoms with van der Waals surface area (Å²) in [6.07, 6.45) is -0.970. The summed E-state index contributed by atoms with van der Waals surface area (Å²) in [5.74, 6) is -0.594. The first kappa shape index (κ1) is 20.1. The second-order valence-corrected chi connectivity index (χ2v) is 6.51. The number of carbonyl (C=O) groups is 2. The van der Waals surface area contributed by atoms with Crippen LogP contribution in [0.25, 0.3) is 0 Å². The van der Waals surface area contributed by atoms with Gasteiger partial charge in [-0.3, -0.25) is 4.79 Å². The number of amides is 1. The Hall–Kier alpha value is -3.60. The van der Waals surface area contributed by atoms with Crippen molar-refractivity contribution in [1.82, 2.24) is 5.32 Å². The Morgan fingerprint density at radius 3 is 1.86 bits per heavy atom. The second kappa shape index (κ2) is 9.55. The summed E-state index contributed by atoms with van der Waals surface area (Å²) in [6.45, 7) is 1.55. The van der Waals surface area contributed by atoms with Crippen molar-refractivity contribution in [2.45, 2.75) is 19.1 Å². The maximum atomic E-state index is 12.8. The van der Waals surface area contributed by atoms with Gasteiger partial charge in [0, 0.05) is 0 Å². The van der Waals surface area contributed by atoms with E-state index in [1.807, 2.05) is 60.7 Å². The van der Waals surface area contributed by atoms with Crippen molar-refractivity contribution in [3.63, 3.8) is 0 Å². The molecule has 0 aromatic heterocycles. The number of ether oxygens (including phenoxy) is 2. The number of rotatable bonds is 7. The molecule has 0 aliphatic rings. The molecule has 1 amide bonds. The van der Waals surface area contributed by atoms with Gasteiger partial charge in [0.05, 0.1) is 13.2 Å². The monoisotopic (exact) mass is 389 g/mol. The van der Waals surface area contributed by atoms with Crippen LogP contribution in [0.5, 0.6) is 5.75 Å². The zero-order chi connectivity index (χ0) is 20.6. The summed E-state index contributed by atoms with van der Waals surface area (Å²) in [5.41, 5.74) is 2.16. The average molecular weight is 389 g/mol. The lowest BCUT2D eigenvalue weighted by Gasteiger charge is -2.22. The summed E-state index contributed by atoms with van der Waals surface area (Å²) in [7, 11) is 1.48. The smallest absolute Gasteiger partial charge is 0.342 e. The first-order valence-corrected chi connectivity index (χ1v) is 9.34. The number of methoxy groups -OCH3 is 1. The summed E-state index contributed by atoms with van der Waals surface area (Å²) in [4.78, 5) is 25.3. The van der Waals surface area contributed by atoms with Gasteiger partial charge in [0.25, 0.3) is 5.91 Å². The quantitative estimate of drug-likeness (QED) is 0.617. The Morgan fingerprint density at radius 1 is 0.793 bits per heavy atom. The van der Waals surface area contributed by atoms with E-state index >= 15 is 0 Å². The zero-order valence-corrected chi connectivity index (χ0v) is 16.4. The van der Waals surface area contributed by atoms with Crippen LogP contribution in [-0.4, -0.2) is 25.1 Å². The highest BCUT2D eigenvalue weighted by Gasteiger charge is 2.24. The number of hydrogen-bond donors (Lipinski definition) is 1. The Kier molecular flexibility index (Phi) is 6.63. The van der Waals surface area contributed by atoms with Gasteiger partial charge in [0.1, 0.15) is 11.3 Å². The fourth-order valence-corrected chi connectivity index (χ4v) is 3.00. The standard InChI is InChI=1S/C24H23NO4/c1-17(29-24(27)20-15-9-10-16-21(20)28-2)23(26)25-22(18-11-5-3-6-12-18)19-13-7-4-8-14-19/h3-17,22H,1-2H3,(H,25,26)/t17-/m0/s1. The first-order chi connectivity index (χ1) is 14.1. The summed E-state index contributed by atoms with van der Waals surface area (Å²) >= 11 is 0. The minimum absolute atomic E-state index is 0.275. The van der Waals surface area contributed by atoms with E-state index in [0.29, 0.717) is 5.75 Å². The number of esters is 1. The summed E-state index contributed by atoms with van der Waals surface area (Å²) in [5, 5.41) is 2.99. The highest BCUT2D eigenvalue weighted by molar-refractivity contribution is 5.94. The maximum absolute atomic E-state index is 12.8. The molecule has 5 heteroatoms. The van der Waals surface area contributed by atoms with Crippen LogP contribution < -0.4 is 10.1 Å². The molecule has 3 aromatic carbocycles. The number of nitrogens with one attached hydrogen (secondary N) is 1. The molecule has 0 saturated heterocycles. The van der Waals surface area contributed by atoms with Crippen LogP contribution in [0.3, 0.4) is 0 Å². The van der Waals surface area contributed by atoms with Gasteiger partial charge in [-0.25, -0.2) is 4.79 Å². The molecule has 0 heterocycles. The lowest BCUT2D eigenvalue weighted by atomic mass is 9.98. The normalized spacial score (nSPS) is 11.6. The van der Waals surface area contributed by atoms with E-state index < -0.39 is 12.1 Å². The molecule has 3 aromatic rings. The van der Waals surface area contributed by atoms with E-state index in [1.165, 1.54) is 7.11 Å². The Labute approximate surface area is 170 Å². The maximum Gasteiger partial charge on any atom is 0.342 e. The van der Waals surface area contributed by atoms with E-state index in [1.54, 1.807) is 31.2 Å². The molecule has 1 N–H and O–H groups in total. The van der Waals surface area contributed by atoms with Crippen molar-refractivity contribution >= 4 is 11.9 Å². The Morgan fingerprint density at radius 2 is 1.31 bits per heavy atom. The summed E-state index contributed by atoms with van der Waals surface area (Å²) in [6, 6.07) is 25.7. The molecule has 29 heavy (non-hydrogen) atoms. The van der Waals surface area contributed by atoms with Gasteiger partial charge in [-0.1, -0.05) is 72.8 Å². The SMILES string of the molecule is COc1ccccc1C(=O)O[C@@H](C)C(=O)NC(c1ccccc1)c1ccccc1. The molecule has 0 aliphatic heterocycles. The second-order valence-electron chi connectivity index (χ2n) is 6.51. The van der Waals surface area contributed by atoms with Crippen LogP contribution in [0.1, 0.15) is 34.5 Å². The van der Waals surface area contributed by atoms with E-state index in [9.17, 15) is 9.59 Å². The van der Waals surface area contributed by atoms with Crippen molar-refractivity contribution in [1.29, 1.82) is 0 Å². The van der Waals surface area contributed by atoms with Crippen LogP contribution in [0.15, 0.2) is 84.9 Å². The molecule has 0 bridgehead atoms. The van der Waals surface area contributed by atoms with E-state index in [0.717, 1.165) is 11.1 Å². The highest BCUT2D eigenvalue weighted by atomic mass is 16.5. The van der Waals surface area contributed by atoms with Crippen LogP contribution in [-0.2, 0) is 9.53 Å². The largest absolute Gasteiger partial charge is 0.496 e. The van der Waals surface area contributed by atoms with Gasteiger partial charge in [0.15, 0.2) is 6.10 Å². The molecule has 0 aliphatic carbocycles. The van der Waals surface area contributed by atoms with Crippen LogP contribution >= 0.6 is 0 Å². The van der Waals surface area contributed by atoms with Gasteiger partial charge in [-0.05, 0) is 30.2 Å².